The maximum atomic E-state index is 14.4. The monoisotopic (exact) mass is 725 g/mol. The van der Waals surface area contributed by atoms with E-state index in [1.165, 1.54) is 11.8 Å². The van der Waals surface area contributed by atoms with Crippen LogP contribution in [0.4, 0.5) is 5.69 Å². The molecule has 1 aromatic heterocycles. The molecule has 2 heterocycles. The minimum atomic E-state index is -1.20. The lowest BCUT2D eigenvalue weighted by Gasteiger charge is -2.32. The van der Waals surface area contributed by atoms with Crippen LogP contribution in [0.15, 0.2) is 79.1 Å². The molecule has 13 nitrogen and oxygen atoms in total. The molecule has 3 atom stereocenters. The van der Waals surface area contributed by atoms with E-state index in [-0.39, 0.29) is 43.4 Å². The Morgan fingerprint density at radius 2 is 1.60 bits per heavy atom. The highest BCUT2D eigenvalue weighted by Gasteiger charge is 2.48. The van der Waals surface area contributed by atoms with Crippen molar-refractivity contribution in [1.29, 1.82) is 0 Å². The number of benzene rings is 2. The molecule has 3 aromatic rings. The highest BCUT2D eigenvalue weighted by Crippen LogP contribution is 2.41. The molecule has 53 heavy (non-hydrogen) atoms. The van der Waals surface area contributed by atoms with E-state index in [0.29, 0.717) is 49.9 Å². The summed E-state index contributed by atoms with van der Waals surface area (Å²) >= 11 is 0. The molecule has 0 spiro atoms. The minimum Gasteiger partial charge on any atom is -0.481 e. The van der Waals surface area contributed by atoms with Gasteiger partial charge < -0.3 is 25.7 Å². The maximum Gasteiger partial charge on any atom is 0.326 e. The number of rotatable bonds is 17. The number of hydrogen-bond donors (Lipinski definition) is 4. The Kier molecular flexibility index (Phi) is 12.9. The third-order valence-corrected chi connectivity index (χ3v) is 10.3. The highest BCUT2D eigenvalue weighted by molar-refractivity contribution is 6.03. The third kappa shape index (κ3) is 9.85. The summed E-state index contributed by atoms with van der Waals surface area (Å²) in [5, 5.41) is 25.0. The zero-order valence-electron chi connectivity index (χ0n) is 29.9. The number of carboxylic acids is 2. The van der Waals surface area contributed by atoms with Crippen LogP contribution in [0.3, 0.4) is 0 Å². The smallest absolute Gasteiger partial charge is 0.326 e. The summed E-state index contributed by atoms with van der Waals surface area (Å²) < 4.78 is 0. The van der Waals surface area contributed by atoms with E-state index in [9.17, 15) is 39.0 Å². The summed E-state index contributed by atoms with van der Waals surface area (Å²) in [6, 6.07) is 18.0. The van der Waals surface area contributed by atoms with Gasteiger partial charge in [-0.25, -0.2) is 4.79 Å². The van der Waals surface area contributed by atoms with Crippen molar-refractivity contribution in [3.8, 4) is 0 Å². The maximum absolute atomic E-state index is 14.4. The van der Waals surface area contributed by atoms with Gasteiger partial charge in [-0.15, -0.1) is 0 Å². The molecule has 0 bridgehead atoms. The Morgan fingerprint density at radius 1 is 0.906 bits per heavy atom. The Balaban J connectivity index is 1.40. The molecule has 1 saturated heterocycles. The standard InChI is InChI=1S/C40H47N5O8/c1-27(46)42-23-21-40(19-5-6-20-40)39(53)43-32(38(51)52)24-29-11-14-31(15-12-29)44-34(16-13-28-8-3-2-4-9-28)45(35(47)17-18-36(48)49)33(37(44)50)25-30-10-7-22-41-26-30/h2-4,7-12,14-15,22,26,32-34H,5-6,13,16-21,23-25H2,1H3,(H,42,46)(H,43,53)(H,48,49)(H,51,52)/t32?,33-,34?/m1/s1. The van der Waals surface area contributed by atoms with Crippen molar-refractivity contribution in [2.45, 2.75) is 95.8 Å². The second-order valence-corrected chi connectivity index (χ2v) is 13.9. The average molecular weight is 726 g/mol. The van der Waals surface area contributed by atoms with Gasteiger partial charge in [-0.3, -0.25) is 33.9 Å². The van der Waals surface area contributed by atoms with Gasteiger partial charge in [0.15, 0.2) is 0 Å². The van der Waals surface area contributed by atoms with Crippen molar-refractivity contribution < 1.29 is 39.0 Å². The fourth-order valence-corrected chi connectivity index (χ4v) is 7.54. The topological polar surface area (TPSA) is 186 Å². The molecule has 2 aromatic carbocycles. The SMILES string of the molecule is CC(=O)NCCC1(C(=O)NC(Cc2ccc(N3C(=O)[C@@H](Cc4cccnc4)N(C(=O)CCC(=O)O)C3CCc3ccccc3)cc2)C(=O)O)CCCC1. The first kappa shape index (κ1) is 38.6. The molecular weight excluding hydrogens is 678 g/mol. The number of aryl methyl sites for hydroxylation is 1. The molecule has 0 radical (unpaired) electrons. The zero-order valence-corrected chi connectivity index (χ0v) is 29.9. The molecule has 1 aliphatic heterocycles. The average Bonchev–Trinajstić information content (AvgIpc) is 3.73. The first-order valence-electron chi connectivity index (χ1n) is 18.1. The lowest BCUT2D eigenvalue weighted by molar-refractivity contribution is -0.144. The number of amides is 4. The van der Waals surface area contributed by atoms with Gasteiger partial charge in [0.25, 0.3) is 5.91 Å². The van der Waals surface area contributed by atoms with Gasteiger partial charge in [0.2, 0.25) is 17.7 Å². The first-order chi connectivity index (χ1) is 25.5. The predicted molar refractivity (Wildman–Crippen MR) is 195 cm³/mol. The van der Waals surface area contributed by atoms with Gasteiger partial charge in [-0.05, 0) is 67.0 Å². The van der Waals surface area contributed by atoms with Gasteiger partial charge in [0.1, 0.15) is 18.2 Å². The Bertz CT molecular complexity index is 1760. The predicted octanol–water partition coefficient (Wildman–Crippen LogP) is 3.89. The van der Waals surface area contributed by atoms with Gasteiger partial charge in [-0.1, -0.05) is 61.4 Å². The van der Waals surface area contributed by atoms with Crippen LogP contribution in [-0.4, -0.2) is 80.5 Å². The fourth-order valence-electron chi connectivity index (χ4n) is 7.54. The molecule has 4 amide bonds. The van der Waals surface area contributed by atoms with Crippen molar-refractivity contribution in [2.75, 3.05) is 11.4 Å². The molecule has 4 N–H and O–H groups in total. The molecular formula is C40H47N5O8. The van der Waals surface area contributed by atoms with E-state index in [1.54, 1.807) is 47.6 Å². The summed E-state index contributed by atoms with van der Waals surface area (Å²) in [6.45, 7) is 1.74. The quantitative estimate of drug-likeness (QED) is 0.160. The van der Waals surface area contributed by atoms with Crippen LogP contribution in [0.5, 0.6) is 0 Å². The number of anilines is 1. The van der Waals surface area contributed by atoms with Crippen LogP contribution in [0.25, 0.3) is 0 Å². The van der Waals surface area contributed by atoms with Crippen LogP contribution in [-0.2, 0) is 48.0 Å². The molecule has 1 saturated carbocycles. The number of nitrogens with zero attached hydrogens (tertiary/aromatic N) is 3. The Hall–Kier alpha value is -5.59. The van der Waals surface area contributed by atoms with Gasteiger partial charge in [0.05, 0.1) is 11.8 Å². The number of carboxylic acid groups (broad SMARTS) is 2. The summed E-state index contributed by atoms with van der Waals surface area (Å²) in [5.41, 5.74) is 2.14. The lowest BCUT2D eigenvalue weighted by Crippen LogP contribution is -2.49. The van der Waals surface area contributed by atoms with Gasteiger partial charge in [-0.2, -0.15) is 0 Å². The number of hydrogen-bond acceptors (Lipinski definition) is 7. The third-order valence-electron chi connectivity index (χ3n) is 10.3. The van der Waals surface area contributed by atoms with Crippen LogP contribution in [0, 0.1) is 5.41 Å². The largest absolute Gasteiger partial charge is 0.481 e. The van der Waals surface area contributed by atoms with E-state index in [2.05, 4.69) is 15.6 Å². The summed E-state index contributed by atoms with van der Waals surface area (Å²) in [4.78, 5) is 84.3. The van der Waals surface area contributed by atoms with Crippen LogP contribution in [0.2, 0.25) is 0 Å². The van der Waals surface area contributed by atoms with Gasteiger partial charge in [0, 0.05) is 50.8 Å². The van der Waals surface area contributed by atoms with E-state index in [1.807, 2.05) is 36.4 Å². The van der Waals surface area contributed by atoms with Crippen LogP contribution in [0.1, 0.15) is 75.0 Å². The van der Waals surface area contributed by atoms with E-state index in [0.717, 1.165) is 24.0 Å². The summed E-state index contributed by atoms with van der Waals surface area (Å²) in [5.74, 6) is -3.57. The fraction of sp³-hybridized carbons (Fsp3) is 0.425. The van der Waals surface area contributed by atoms with Crippen LogP contribution >= 0.6 is 0 Å². The lowest BCUT2D eigenvalue weighted by atomic mass is 9.81. The van der Waals surface area contributed by atoms with Crippen molar-refractivity contribution in [2.24, 2.45) is 5.41 Å². The first-order valence-corrected chi connectivity index (χ1v) is 18.1. The second kappa shape index (κ2) is 17.8. The number of pyridine rings is 1. The summed E-state index contributed by atoms with van der Waals surface area (Å²) in [7, 11) is 0. The molecule has 13 heteroatoms. The van der Waals surface area contributed by atoms with E-state index in [4.69, 9.17) is 0 Å². The normalized spacial score (nSPS) is 18.4. The highest BCUT2D eigenvalue weighted by atomic mass is 16.4. The number of aliphatic carboxylic acids is 2. The van der Waals surface area contributed by atoms with E-state index < -0.39 is 41.5 Å². The zero-order chi connectivity index (χ0) is 38.0. The van der Waals surface area contributed by atoms with Crippen molar-refractivity contribution in [1.82, 2.24) is 20.5 Å². The molecule has 2 unspecified atom stereocenters. The molecule has 2 fully saturated rings. The van der Waals surface area contributed by atoms with E-state index >= 15 is 0 Å². The molecule has 2 aliphatic rings. The van der Waals surface area contributed by atoms with Crippen LogP contribution < -0.4 is 15.5 Å². The van der Waals surface area contributed by atoms with Crippen molar-refractivity contribution in [3.63, 3.8) is 0 Å². The van der Waals surface area contributed by atoms with Crippen molar-refractivity contribution >= 4 is 41.3 Å². The molecule has 280 valence electrons. The second-order valence-electron chi connectivity index (χ2n) is 13.9. The van der Waals surface area contributed by atoms with Crippen molar-refractivity contribution in [3.05, 3.63) is 95.8 Å². The number of carbonyl (C=O) groups excluding carboxylic acids is 4. The molecule has 1 aliphatic carbocycles. The molecule has 5 rings (SSSR count). The number of aromatic nitrogens is 1. The summed E-state index contributed by atoms with van der Waals surface area (Å²) in [6.07, 6.45) is 6.36. The van der Waals surface area contributed by atoms with Gasteiger partial charge >= 0.3 is 11.9 Å². The Labute approximate surface area is 308 Å². The Morgan fingerprint density at radius 3 is 2.23 bits per heavy atom. The number of carbonyl (C=O) groups is 6. The number of nitrogens with one attached hydrogen (secondary N) is 2. The minimum absolute atomic E-state index is 0.00204.